The molecule has 0 radical (unpaired) electrons. The summed E-state index contributed by atoms with van der Waals surface area (Å²) in [6, 6.07) is 5.18. The van der Waals surface area contributed by atoms with Crippen LogP contribution in [0.4, 0.5) is 5.69 Å². The number of benzene rings is 1. The van der Waals surface area contributed by atoms with Gasteiger partial charge in [-0.25, -0.2) is 5.84 Å². The van der Waals surface area contributed by atoms with Crippen molar-refractivity contribution in [3.63, 3.8) is 0 Å². The maximum Gasteiger partial charge on any atom is 0.235 e. The summed E-state index contributed by atoms with van der Waals surface area (Å²) in [7, 11) is 0. The molecule has 96 valence electrons. The average molecular weight is 248 g/mol. The molecule has 6 nitrogen and oxygen atoms in total. The van der Waals surface area contributed by atoms with Gasteiger partial charge in [-0.3, -0.25) is 15.0 Å². The van der Waals surface area contributed by atoms with Crippen molar-refractivity contribution in [3.05, 3.63) is 29.3 Å². The van der Waals surface area contributed by atoms with Crippen molar-refractivity contribution >= 4 is 17.5 Å². The van der Waals surface area contributed by atoms with Crippen molar-refractivity contribution in [1.82, 2.24) is 5.43 Å². The molecule has 1 aromatic rings. The lowest BCUT2D eigenvalue weighted by Crippen LogP contribution is -2.32. The summed E-state index contributed by atoms with van der Waals surface area (Å²) in [6.07, 6.45) is 1.32. The number of hydrogen-bond donors (Lipinski definition) is 4. The van der Waals surface area contributed by atoms with E-state index in [0.717, 1.165) is 16.8 Å². The first-order chi connectivity index (χ1) is 8.60. The number of hydrazine groups is 1. The minimum Gasteiger partial charge on any atom is -0.326 e. The number of carbonyl (C=O) groups excluding carboxylic acids is 2. The number of rotatable bonds is 3. The van der Waals surface area contributed by atoms with E-state index in [2.05, 4.69) is 10.7 Å². The Kier molecular flexibility index (Phi) is 3.59. The Hall–Kier alpha value is -1.92. The van der Waals surface area contributed by atoms with Gasteiger partial charge in [0.2, 0.25) is 11.8 Å². The molecule has 0 fully saturated rings. The summed E-state index contributed by atoms with van der Waals surface area (Å²) < 4.78 is 0. The van der Waals surface area contributed by atoms with Gasteiger partial charge in [0, 0.05) is 24.6 Å². The second kappa shape index (κ2) is 5.16. The fourth-order valence-corrected chi connectivity index (χ4v) is 2.01. The van der Waals surface area contributed by atoms with Crippen LogP contribution in [0.15, 0.2) is 18.2 Å². The van der Waals surface area contributed by atoms with Gasteiger partial charge in [-0.05, 0) is 23.6 Å². The van der Waals surface area contributed by atoms with E-state index in [1.165, 1.54) is 0 Å². The van der Waals surface area contributed by atoms with Crippen molar-refractivity contribution in [1.29, 1.82) is 0 Å². The summed E-state index contributed by atoms with van der Waals surface area (Å²) in [5.74, 6) is 4.75. The molecule has 2 rings (SSSR count). The number of nitrogens with two attached hydrogens (primary N) is 2. The standard InChI is InChI=1S/C12H16N4O2/c13-9(6-12(18)16-14)7-1-3-10-8(5-7)2-4-11(17)15-10/h1,3,5,9H,2,4,6,13-14H2,(H,15,17)(H,16,18). The molecule has 1 aromatic carbocycles. The molecular weight excluding hydrogens is 232 g/mol. The molecule has 6 heteroatoms. The van der Waals surface area contributed by atoms with Gasteiger partial charge in [0.05, 0.1) is 0 Å². The number of anilines is 1. The first-order valence-corrected chi connectivity index (χ1v) is 5.78. The molecule has 0 aliphatic carbocycles. The van der Waals surface area contributed by atoms with Crippen molar-refractivity contribution in [2.24, 2.45) is 11.6 Å². The second-order valence-corrected chi connectivity index (χ2v) is 4.34. The van der Waals surface area contributed by atoms with Gasteiger partial charge >= 0.3 is 0 Å². The van der Waals surface area contributed by atoms with Crippen LogP contribution in [0.25, 0.3) is 0 Å². The smallest absolute Gasteiger partial charge is 0.235 e. The lowest BCUT2D eigenvalue weighted by atomic mass is 9.96. The maximum atomic E-state index is 11.2. The van der Waals surface area contributed by atoms with Gasteiger partial charge in [0.25, 0.3) is 0 Å². The quantitative estimate of drug-likeness (QED) is 0.341. The van der Waals surface area contributed by atoms with E-state index >= 15 is 0 Å². The molecule has 1 heterocycles. The highest BCUT2D eigenvalue weighted by atomic mass is 16.2. The molecule has 1 unspecified atom stereocenters. The summed E-state index contributed by atoms with van der Waals surface area (Å²) in [6.45, 7) is 0. The third kappa shape index (κ3) is 2.66. The van der Waals surface area contributed by atoms with E-state index in [4.69, 9.17) is 11.6 Å². The molecule has 1 aliphatic rings. The van der Waals surface area contributed by atoms with E-state index < -0.39 is 6.04 Å². The van der Waals surface area contributed by atoms with Crippen molar-refractivity contribution < 1.29 is 9.59 Å². The normalized spacial score (nSPS) is 15.6. The molecule has 1 atom stereocenters. The molecule has 0 saturated carbocycles. The second-order valence-electron chi connectivity index (χ2n) is 4.34. The molecule has 0 spiro atoms. The predicted molar refractivity (Wildman–Crippen MR) is 67.3 cm³/mol. The van der Waals surface area contributed by atoms with Crippen LogP contribution >= 0.6 is 0 Å². The topological polar surface area (TPSA) is 110 Å². The van der Waals surface area contributed by atoms with Gasteiger partial charge in [-0.1, -0.05) is 12.1 Å². The molecule has 18 heavy (non-hydrogen) atoms. The first-order valence-electron chi connectivity index (χ1n) is 5.78. The SMILES string of the molecule is NNC(=O)CC(N)c1ccc2c(c1)CCC(=O)N2. The molecule has 1 aliphatic heterocycles. The van der Waals surface area contributed by atoms with Crippen LogP contribution < -0.4 is 22.3 Å². The Labute approximate surface area is 105 Å². The van der Waals surface area contributed by atoms with Crippen LogP contribution in [0.2, 0.25) is 0 Å². The van der Waals surface area contributed by atoms with Gasteiger partial charge in [0.15, 0.2) is 0 Å². The number of carbonyl (C=O) groups is 2. The van der Waals surface area contributed by atoms with Crippen LogP contribution in [0.1, 0.15) is 30.0 Å². The monoisotopic (exact) mass is 248 g/mol. The Morgan fingerprint density at radius 1 is 1.44 bits per heavy atom. The number of amides is 2. The van der Waals surface area contributed by atoms with Crippen molar-refractivity contribution in [2.45, 2.75) is 25.3 Å². The van der Waals surface area contributed by atoms with Crippen LogP contribution in [-0.2, 0) is 16.0 Å². The Morgan fingerprint density at radius 3 is 2.94 bits per heavy atom. The lowest BCUT2D eigenvalue weighted by Gasteiger charge is -2.19. The molecule has 2 amide bonds. The van der Waals surface area contributed by atoms with Gasteiger partial charge in [-0.15, -0.1) is 0 Å². The fourth-order valence-electron chi connectivity index (χ4n) is 2.01. The number of aryl methyl sites for hydroxylation is 1. The van der Waals surface area contributed by atoms with Crippen LogP contribution in [0.3, 0.4) is 0 Å². The number of fused-ring (bicyclic) bond motifs is 1. The highest BCUT2D eigenvalue weighted by molar-refractivity contribution is 5.93. The lowest BCUT2D eigenvalue weighted by molar-refractivity contribution is -0.121. The fraction of sp³-hybridized carbons (Fsp3) is 0.333. The highest BCUT2D eigenvalue weighted by Gasteiger charge is 2.17. The largest absolute Gasteiger partial charge is 0.326 e. The zero-order valence-electron chi connectivity index (χ0n) is 9.90. The van der Waals surface area contributed by atoms with Gasteiger partial charge in [-0.2, -0.15) is 0 Å². The van der Waals surface area contributed by atoms with Crippen LogP contribution in [-0.4, -0.2) is 11.8 Å². The summed E-state index contributed by atoms with van der Waals surface area (Å²) in [5, 5.41) is 2.80. The summed E-state index contributed by atoms with van der Waals surface area (Å²) in [4.78, 5) is 22.4. The third-order valence-electron chi connectivity index (χ3n) is 3.02. The zero-order valence-corrected chi connectivity index (χ0v) is 9.90. The van der Waals surface area contributed by atoms with E-state index in [0.29, 0.717) is 12.8 Å². The molecule has 0 aromatic heterocycles. The Balaban J connectivity index is 2.16. The average Bonchev–Trinajstić information content (AvgIpc) is 2.37. The Bertz CT molecular complexity index is 487. The highest BCUT2D eigenvalue weighted by Crippen LogP contribution is 2.26. The van der Waals surface area contributed by atoms with Gasteiger partial charge in [0.1, 0.15) is 0 Å². The van der Waals surface area contributed by atoms with E-state index in [1.807, 2.05) is 18.2 Å². The maximum absolute atomic E-state index is 11.2. The zero-order chi connectivity index (χ0) is 13.1. The third-order valence-corrected chi connectivity index (χ3v) is 3.02. The Morgan fingerprint density at radius 2 is 2.22 bits per heavy atom. The first kappa shape index (κ1) is 12.5. The van der Waals surface area contributed by atoms with Crippen LogP contribution in [0.5, 0.6) is 0 Å². The van der Waals surface area contributed by atoms with Crippen molar-refractivity contribution in [3.8, 4) is 0 Å². The predicted octanol–water partition coefficient (Wildman–Crippen LogP) is -0.0489. The molecule has 6 N–H and O–H groups in total. The summed E-state index contributed by atoms with van der Waals surface area (Å²) in [5.41, 5.74) is 10.7. The minimum atomic E-state index is -0.392. The van der Waals surface area contributed by atoms with E-state index in [-0.39, 0.29) is 18.2 Å². The van der Waals surface area contributed by atoms with Gasteiger partial charge < -0.3 is 11.1 Å². The molecular formula is C12H16N4O2. The number of hydrogen-bond acceptors (Lipinski definition) is 4. The summed E-state index contributed by atoms with van der Waals surface area (Å²) >= 11 is 0. The van der Waals surface area contributed by atoms with E-state index in [1.54, 1.807) is 0 Å². The van der Waals surface area contributed by atoms with Crippen molar-refractivity contribution in [2.75, 3.05) is 5.32 Å². The minimum absolute atomic E-state index is 0.0297. The van der Waals surface area contributed by atoms with E-state index in [9.17, 15) is 9.59 Å². The molecule has 0 saturated heterocycles. The van der Waals surface area contributed by atoms with Crippen LogP contribution in [0, 0.1) is 0 Å². The molecule has 0 bridgehead atoms. The number of nitrogens with one attached hydrogen (secondary N) is 2.